The van der Waals surface area contributed by atoms with Crippen LogP contribution in [0.5, 0.6) is 0 Å². The smallest absolute Gasteiger partial charge is 0.0467 e. The molecule has 0 bridgehead atoms. The van der Waals surface area contributed by atoms with Gasteiger partial charge >= 0.3 is 0 Å². The van der Waals surface area contributed by atoms with E-state index >= 15 is 0 Å². The molecule has 1 heterocycles. The van der Waals surface area contributed by atoms with E-state index in [1.807, 2.05) is 12.1 Å². The Morgan fingerprint density at radius 2 is 2.28 bits per heavy atom. The number of anilines is 1. The Hall–Kier alpha value is -0.250. The third-order valence-electron chi connectivity index (χ3n) is 3.80. The summed E-state index contributed by atoms with van der Waals surface area (Å²) in [6.07, 6.45) is 2.61. The largest absolute Gasteiger partial charge is 0.373 e. The number of alkyl halides is 1. The Balaban J connectivity index is 2.13. The first kappa shape index (κ1) is 14.2. The number of likely N-dealkylation sites (N-methyl/N-ethyl adjacent to an activating group) is 2. The predicted molar refractivity (Wildman–Crippen MR) is 83.0 cm³/mol. The minimum atomic E-state index is 0.664. The lowest BCUT2D eigenvalue weighted by Crippen LogP contribution is -2.36. The topological polar surface area (TPSA) is 6.48 Å². The lowest BCUT2D eigenvalue weighted by molar-refractivity contribution is 0.314. The molecule has 2 rings (SSSR count). The lowest BCUT2D eigenvalue weighted by Gasteiger charge is -2.29. The predicted octanol–water partition coefficient (Wildman–Crippen LogP) is 3.77. The normalized spacial score (nSPS) is 20.3. The molecule has 1 aliphatic heterocycles. The fourth-order valence-corrected chi connectivity index (χ4v) is 3.65. The summed E-state index contributed by atoms with van der Waals surface area (Å²) in [5.74, 6) is 0. The van der Waals surface area contributed by atoms with E-state index in [0.29, 0.717) is 6.04 Å². The van der Waals surface area contributed by atoms with Crippen molar-refractivity contribution in [1.82, 2.24) is 4.90 Å². The van der Waals surface area contributed by atoms with Crippen molar-refractivity contribution in [3.63, 3.8) is 0 Å². The van der Waals surface area contributed by atoms with E-state index in [1.165, 1.54) is 30.6 Å². The summed E-state index contributed by atoms with van der Waals surface area (Å²) in [6.45, 7) is 2.29. The van der Waals surface area contributed by atoms with Crippen molar-refractivity contribution in [2.45, 2.75) is 24.2 Å². The number of nitrogens with zero attached hydrogens (tertiary/aromatic N) is 2. The molecule has 1 aromatic rings. The molecule has 0 radical (unpaired) electrons. The number of benzene rings is 1. The highest BCUT2D eigenvalue weighted by atomic mass is 79.9. The van der Waals surface area contributed by atoms with Crippen LogP contribution >= 0.6 is 27.5 Å². The van der Waals surface area contributed by atoms with Gasteiger partial charge in [0.2, 0.25) is 0 Å². The quantitative estimate of drug-likeness (QED) is 0.775. The number of hydrogen-bond donors (Lipinski definition) is 0. The van der Waals surface area contributed by atoms with Crippen molar-refractivity contribution in [1.29, 1.82) is 0 Å². The Labute approximate surface area is 123 Å². The average molecular weight is 332 g/mol. The molecule has 1 fully saturated rings. The molecule has 1 aromatic carbocycles. The molecule has 0 N–H and O–H groups in total. The zero-order valence-electron chi connectivity index (χ0n) is 11.0. The zero-order valence-corrected chi connectivity index (χ0v) is 13.3. The third kappa shape index (κ3) is 3.01. The van der Waals surface area contributed by atoms with Crippen LogP contribution in [0.25, 0.3) is 0 Å². The number of likely N-dealkylation sites (tertiary alicyclic amines) is 1. The van der Waals surface area contributed by atoms with Crippen molar-refractivity contribution >= 4 is 33.2 Å². The maximum Gasteiger partial charge on any atom is 0.0467 e. The van der Waals surface area contributed by atoms with Crippen LogP contribution < -0.4 is 4.90 Å². The van der Waals surface area contributed by atoms with E-state index in [0.717, 1.165) is 16.9 Å². The van der Waals surface area contributed by atoms with Gasteiger partial charge in [0.05, 0.1) is 0 Å². The second-order valence-corrected chi connectivity index (χ2v) is 6.00. The number of halogens is 2. The fraction of sp³-hybridized carbons (Fsp3) is 0.571. The highest BCUT2D eigenvalue weighted by Crippen LogP contribution is 2.29. The first-order valence-corrected chi connectivity index (χ1v) is 7.88. The van der Waals surface area contributed by atoms with Gasteiger partial charge in [0.1, 0.15) is 0 Å². The highest BCUT2D eigenvalue weighted by Gasteiger charge is 2.23. The van der Waals surface area contributed by atoms with Crippen molar-refractivity contribution in [3.8, 4) is 0 Å². The molecule has 0 amide bonds. The Bertz CT molecular complexity index is 411. The summed E-state index contributed by atoms with van der Waals surface area (Å²) in [5, 5.41) is 1.64. The summed E-state index contributed by atoms with van der Waals surface area (Å²) in [7, 11) is 4.37. The molecule has 0 spiro atoms. The first-order chi connectivity index (χ1) is 8.63. The lowest BCUT2D eigenvalue weighted by atomic mass is 10.1. The molecule has 1 atom stereocenters. The minimum Gasteiger partial charge on any atom is -0.373 e. The van der Waals surface area contributed by atoms with E-state index in [4.69, 9.17) is 11.6 Å². The van der Waals surface area contributed by atoms with Gasteiger partial charge in [-0.15, -0.1) is 0 Å². The molecular formula is C14H20BrClN2. The minimum absolute atomic E-state index is 0.664. The molecule has 2 nitrogen and oxygen atoms in total. The van der Waals surface area contributed by atoms with Crippen LogP contribution in [0.2, 0.25) is 5.02 Å². The first-order valence-electron chi connectivity index (χ1n) is 6.38. The van der Waals surface area contributed by atoms with Gasteiger partial charge in [-0.2, -0.15) is 0 Å². The van der Waals surface area contributed by atoms with Gasteiger partial charge in [0.15, 0.2) is 0 Å². The Morgan fingerprint density at radius 1 is 1.50 bits per heavy atom. The zero-order chi connectivity index (χ0) is 13.1. The van der Waals surface area contributed by atoms with Crippen LogP contribution in [0.4, 0.5) is 5.69 Å². The Kier molecular flexibility index (Phi) is 4.93. The molecule has 1 unspecified atom stereocenters. The van der Waals surface area contributed by atoms with E-state index in [1.54, 1.807) is 0 Å². The SMILES string of the molecule is CN(CC1CCCN1C)c1cccc(Cl)c1CBr. The van der Waals surface area contributed by atoms with E-state index in [2.05, 4.69) is 45.9 Å². The van der Waals surface area contributed by atoms with Gasteiger partial charge in [-0.05, 0) is 38.6 Å². The van der Waals surface area contributed by atoms with Crippen LogP contribution in [0.3, 0.4) is 0 Å². The van der Waals surface area contributed by atoms with Crippen LogP contribution in [-0.4, -0.2) is 38.1 Å². The highest BCUT2D eigenvalue weighted by molar-refractivity contribution is 9.08. The summed E-state index contributed by atoms with van der Waals surface area (Å²) in [6, 6.07) is 6.80. The molecule has 0 aromatic heterocycles. The van der Waals surface area contributed by atoms with Gasteiger partial charge in [-0.1, -0.05) is 33.6 Å². The van der Waals surface area contributed by atoms with Gasteiger partial charge in [0, 0.05) is 41.2 Å². The Morgan fingerprint density at radius 3 is 2.89 bits per heavy atom. The van der Waals surface area contributed by atoms with Crippen LogP contribution in [-0.2, 0) is 5.33 Å². The van der Waals surface area contributed by atoms with Crippen LogP contribution in [0, 0.1) is 0 Å². The maximum absolute atomic E-state index is 6.25. The second kappa shape index (κ2) is 6.27. The van der Waals surface area contributed by atoms with Gasteiger partial charge in [-0.25, -0.2) is 0 Å². The number of rotatable bonds is 4. The monoisotopic (exact) mass is 330 g/mol. The molecule has 18 heavy (non-hydrogen) atoms. The number of hydrogen-bond acceptors (Lipinski definition) is 2. The van der Waals surface area contributed by atoms with E-state index in [-0.39, 0.29) is 0 Å². The van der Waals surface area contributed by atoms with E-state index in [9.17, 15) is 0 Å². The fourth-order valence-electron chi connectivity index (χ4n) is 2.66. The second-order valence-electron chi connectivity index (χ2n) is 5.03. The molecular weight excluding hydrogens is 312 g/mol. The van der Waals surface area contributed by atoms with Crippen molar-refractivity contribution in [2.75, 3.05) is 32.1 Å². The summed E-state index contributed by atoms with van der Waals surface area (Å²) in [5.41, 5.74) is 2.42. The molecule has 100 valence electrons. The summed E-state index contributed by atoms with van der Waals surface area (Å²) >= 11 is 9.78. The van der Waals surface area contributed by atoms with Crippen molar-refractivity contribution in [3.05, 3.63) is 28.8 Å². The van der Waals surface area contributed by atoms with E-state index < -0.39 is 0 Å². The average Bonchev–Trinajstić information content (AvgIpc) is 2.74. The third-order valence-corrected chi connectivity index (χ3v) is 4.71. The standard InChI is InChI=1S/C14H20BrClN2/c1-17-8-4-5-11(17)10-18(2)14-7-3-6-13(16)12(14)9-15/h3,6-7,11H,4-5,8-10H2,1-2H3. The van der Waals surface area contributed by atoms with Crippen LogP contribution in [0.1, 0.15) is 18.4 Å². The summed E-state index contributed by atoms with van der Waals surface area (Å²) < 4.78 is 0. The van der Waals surface area contributed by atoms with Gasteiger partial charge < -0.3 is 9.80 Å². The molecule has 4 heteroatoms. The maximum atomic E-state index is 6.25. The summed E-state index contributed by atoms with van der Waals surface area (Å²) in [4.78, 5) is 4.78. The van der Waals surface area contributed by atoms with Crippen molar-refractivity contribution in [2.24, 2.45) is 0 Å². The molecule has 1 aliphatic rings. The van der Waals surface area contributed by atoms with Gasteiger partial charge in [-0.3, -0.25) is 0 Å². The molecule has 0 aliphatic carbocycles. The molecule has 0 saturated carbocycles. The van der Waals surface area contributed by atoms with Crippen LogP contribution in [0.15, 0.2) is 18.2 Å². The van der Waals surface area contributed by atoms with Gasteiger partial charge in [0.25, 0.3) is 0 Å². The van der Waals surface area contributed by atoms with Crippen molar-refractivity contribution < 1.29 is 0 Å². The molecule has 1 saturated heterocycles.